The first kappa shape index (κ1) is 15.8. The first-order chi connectivity index (χ1) is 11.2. The fraction of sp³-hybridized carbons (Fsp3) is 0.500. The van der Waals surface area contributed by atoms with Gasteiger partial charge in [-0.3, -0.25) is 10.1 Å². The third-order valence-electron chi connectivity index (χ3n) is 3.73. The molecule has 1 aliphatic heterocycles. The van der Waals surface area contributed by atoms with Crippen molar-refractivity contribution in [2.45, 2.75) is 13.3 Å². The first-order valence-electron chi connectivity index (χ1n) is 7.72. The molecule has 0 aromatic carbocycles. The van der Waals surface area contributed by atoms with Crippen LogP contribution in [0.2, 0.25) is 0 Å². The second-order valence-electron chi connectivity index (χ2n) is 5.37. The average molecular weight is 334 g/mol. The third-order valence-corrected chi connectivity index (χ3v) is 4.71. The zero-order chi connectivity index (χ0) is 16.1. The van der Waals surface area contributed by atoms with Crippen molar-refractivity contribution in [1.29, 1.82) is 0 Å². The van der Waals surface area contributed by atoms with Gasteiger partial charge in [-0.25, -0.2) is 9.97 Å². The molecule has 1 amide bonds. The summed E-state index contributed by atoms with van der Waals surface area (Å²) in [6, 6.07) is 1.81. The highest BCUT2D eigenvalue weighted by Gasteiger charge is 2.23. The van der Waals surface area contributed by atoms with Crippen LogP contribution >= 0.6 is 11.3 Å². The minimum atomic E-state index is -0.0109. The number of aryl methyl sites for hydroxylation is 1. The molecule has 1 fully saturated rings. The molecule has 0 radical (unpaired) electrons. The van der Waals surface area contributed by atoms with Crippen LogP contribution in [0.3, 0.4) is 0 Å². The molecule has 3 heterocycles. The maximum absolute atomic E-state index is 12.1. The Morgan fingerprint density at radius 1 is 1.30 bits per heavy atom. The van der Waals surface area contributed by atoms with Crippen LogP contribution < -0.4 is 15.1 Å². The van der Waals surface area contributed by atoms with Gasteiger partial charge in [0.2, 0.25) is 11.1 Å². The molecular formula is C14H20N7OS+. The topological polar surface area (TPSA) is 88.3 Å². The van der Waals surface area contributed by atoms with E-state index in [1.807, 2.05) is 13.0 Å². The van der Waals surface area contributed by atoms with Crippen LogP contribution in [-0.2, 0) is 11.2 Å². The van der Waals surface area contributed by atoms with Crippen LogP contribution in [-0.4, -0.2) is 58.8 Å². The van der Waals surface area contributed by atoms with Crippen LogP contribution in [0.25, 0.3) is 0 Å². The molecule has 0 saturated carbocycles. The number of hydrogen-bond acceptors (Lipinski definition) is 7. The smallest absolute Gasteiger partial charge is 0.281 e. The molecule has 1 saturated heterocycles. The lowest BCUT2D eigenvalue weighted by atomic mass is 10.3. The fourth-order valence-corrected chi connectivity index (χ4v) is 3.19. The lowest BCUT2D eigenvalue weighted by Gasteiger charge is -2.31. The predicted molar refractivity (Wildman–Crippen MR) is 87.7 cm³/mol. The minimum Gasteiger partial charge on any atom is -0.330 e. The van der Waals surface area contributed by atoms with E-state index >= 15 is 0 Å². The molecule has 0 atom stereocenters. The Labute approximate surface area is 138 Å². The lowest BCUT2D eigenvalue weighted by Crippen LogP contribution is -3.15. The second kappa shape index (κ2) is 7.42. The number of aromatic nitrogens is 4. The molecule has 1 aliphatic rings. The zero-order valence-corrected chi connectivity index (χ0v) is 13.8. The van der Waals surface area contributed by atoms with Crippen molar-refractivity contribution in [3.8, 4) is 0 Å². The standard InChI is InChI=1S/C14H19N7OS/c1-2-12-18-19-14(23-12)17-11(22)10-20-6-8-21(9-7-20)13-15-4-3-5-16-13/h3-5H,2,6-10H2,1H3,(H,17,19,22)/p+1. The van der Waals surface area contributed by atoms with Gasteiger partial charge in [-0.1, -0.05) is 18.3 Å². The average Bonchev–Trinajstić information content (AvgIpc) is 3.04. The Hall–Kier alpha value is -2.13. The molecule has 0 spiro atoms. The van der Waals surface area contributed by atoms with E-state index < -0.39 is 0 Å². The Bertz CT molecular complexity index is 640. The number of quaternary nitrogens is 1. The van der Waals surface area contributed by atoms with Crippen LogP contribution in [0, 0.1) is 0 Å². The largest absolute Gasteiger partial charge is 0.330 e. The normalized spacial score (nSPS) is 15.6. The summed E-state index contributed by atoms with van der Waals surface area (Å²) in [7, 11) is 0. The minimum absolute atomic E-state index is 0.0109. The monoisotopic (exact) mass is 334 g/mol. The molecule has 122 valence electrons. The summed E-state index contributed by atoms with van der Waals surface area (Å²) < 4.78 is 0. The molecule has 2 aromatic rings. The number of carbonyl (C=O) groups excluding carboxylic acids is 1. The maximum Gasteiger partial charge on any atom is 0.281 e. The first-order valence-corrected chi connectivity index (χ1v) is 8.54. The quantitative estimate of drug-likeness (QED) is 0.747. The van der Waals surface area contributed by atoms with Gasteiger partial charge in [-0.2, -0.15) is 0 Å². The van der Waals surface area contributed by atoms with E-state index in [9.17, 15) is 4.79 Å². The molecule has 0 bridgehead atoms. The number of hydrogen-bond donors (Lipinski definition) is 2. The Kier molecular flexibility index (Phi) is 5.09. The Morgan fingerprint density at radius 2 is 2.04 bits per heavy atom. The van der Waals surface area contributed by atoms with E-state index in [4.69, 9.17) is 0 Å². The van der Waals surface area contributed by atoms with Crippen molar-refractivity contribution in [2.75, 3.05) is 42.9 Å². The molecular weight excluding hydrogens is 314 g/mol. The second-order valence-corrected chi connectivity index (χ2v) is 6.43. The summed E-state index contributed by atoms with van der Waals surface area (Å²) in [5, 5.41) is 12.3. The zero-order valence-electron chi connectivity index (χ0n) is 13.0. The summed E-state index contributed by atoms with van der Waals surface area (Å²) in [5.74, 6) is 0.750. The van der Waals surface area contributed by atoms with Gasteiger partial charge >= 0.3 is 0 Å². The SMILES string of the molecule is CCc1nnc(NC(=O)C[NH+]2CCN(c3ncccn3)CC2)s1. The Morgan fingerprint density at radius 3 is 2.70 bits per heavy atom. The molecule has 8 nitrogen and oxygen atoms in total. The fourth-order valence-electron chi connectivity index (χ4n) is 2.49. The number of nitrogens with zero attached hydrogens (tertiary/aromatic N) is 5. The summed E-state index contributed by atoms with van der Waals surface area (Å²) >= 11 is 1.43. The number of nitrogens with one attached hydrogen (secondary N) is 2. The molecule has 3 rings (SSSR count). The summed E-state index contributed by atoms with van der Waals surface area (Å²) in [6.07, 6.45) is 4.34. The van der Waals surface area contributed by atoms with Gasteiger partial charge in [0.25, 0.3) is 5.91 Å². The number of carbonyl (C=O) groups is 1. The van der Waals surface area contributed by atoms with Crippen LogP contribution in [0.5, 0.6) is 0 Å². The highest BCUT2D eigenvalue weighted by molar-refractivity contribution is 7.15. The van der Waals surface area contributed by atoms with Gasteiger partial charge in [0.15, 0.2) is 6.54 Å². The molecule has 2 N–H and O–H groups in total. The predicted octanol–water partition coefficient (Wildman–Crippen LogP) is -0.766. The van der Waals surface area contributed by atoms with Crippen molar-refractivity contribution in [3.63, 3.8) is 0 Å². The van der Waals surface area contributed by atoms with Crippen LogP contribution in [0.1, 0.15) is 11.9 Å². The molecule has 23 heavy (non-hydrogen) atoms. The summed E-state index contributed by atoms with van der Waals surface area (Å²) in [4.78, 5) is 24.0. The van der Waals surface area contributed by atoms with E-state index in [0.717, 1.165) is 43.6 Å². The summed E-state index contributed by atoms with van der Waals surface area (Å²) in [6.45, 7) is 5.96. The number of amides is 1. The number of rotatable bonds is 5. The number of anilines is 2. The van der Waals surface area contributed by atoms with Crippen molar-refractivity contribution in [2.24, 2.45) is 0 Å². The Balaban J connectivity index is 1.46. The van der Waals surface area contributed by atoms with Gasteiger partial charge < -0.3 is 9.80 Å². The van der Waals surface area contributed by atoms with E-state index in [1.165, 1.54) is 16.2 Å². The van der Waals surface area contributed by atoms with E-state index in [1.54, 1.807) is 12.4 Å². The highest BCUT2D eigenvalue weighted by Crippen LogP contribution is 2.14. The molecule has 0 aliphatic carbocycles. The van der Waals surface area contributed by atoms with Crippen molar-refractivity contribution >= 4 is 28.3 Å². The van der Waals surface area contributed by atoms with Gasteiger partial charge in [-0.15, -0.1) is 10.2 Å². The maximum atomic E-state index is 12.1. The van der Waals surface area contributed by atoms with Gasteiger partial charge in [0.1, 0.15) is 5.01 Å². The van der Waals surface area contributed by atoms with Gasteiger partial charge in [-0.05, 0) is 12.5 Å². The third kappa shape index (κ3) is 4.20. The lowest BCUT2D eigenvalue weighted by molar-refractivity contribution is -0.892. The highest BCUT2D eigenvalue weighted by atomic mass is 32.1. The molecule has 9 heteroatoms. The summed E-state index contributed by atoms with van der Waals surface area (Å²) in [5.41, 5.74) is 0. The molecule has 2 aromatic heterocycles. The van der Waals surface area contributed by atoms with E-state index in [2.05, 4.69) is 30.4 Å². The molecule has 0 unspecified atom stereocenters. The van der Waals surface area contributed by atoms with Gasteiger partial charge in [0.05, 0.1) is 26.2 Å². The van der Waals surface area contributed by atoms with Crippen molar-refractivity contribution in [3.05, 3.63) is 23.5 Å². The van der Waals surface area contributed by atoms with E-state index in [-0.39, 0.29) is 5.91 Å². The van der Waals surface area contributed by atoms with Gasteiger partial charge in [0, 0.05) is 12.4 Å². The van der Waals surface area contributed by atoms with Crippen LogP contribution in [0.15, 0.2) is 18.5 Å². The number of piperazine rings is 1. The van der Waals surface area contributed by atoms with Crippen molar-refractivity contribution < 1.29 is 9.69 Å². The van der Waals surface area contributed by atoms with Crippen LogP contribution in [0.4, 0.5) is 11.1 Å². The van der Waals surface area contributed by atoms with E-state index in [0.29, 0.717) is 11.7 Å². The van der Waals surface area contributed by atoms with Crippen molar-refractivity contribution in [1.82, 2.24) is 20.2 Å².